The second kappa shape index (κ2) is 8.89. The lowest BCUT2D eigenvalue weighted by atomic mass is 10.2. The average Bonchev–Trinajstić information content (AvgIpc) is 2.97. The highest BCUT2D eigenvalue weighted by Gasteiger charge is 2.19. The molecular formula is C18H14Cl2N6O4. The molecule has 0 amide bonds. The minimum Gasteiger partial charge on any atom is -0.272 e. The van der Waals surface area contributed by atoms with E-state index in [2.05, 4.69) is 15.6 Å². The molecule has 0 atom stereocenters. The molecular weight excluding hydrogens is 435 g/mol. The van der Waals surface area contributed by atoms with Crippen LogP contribution in [0.2, 0.25) is 10.2 Å². The van der Waals surface area contributed by atoms with E-state index >= 15 is 0 Å². The van der Waals surface area contributed by atoms with E-state index in [1.165, 1.54) is 12.3 Å². The largest absolute Gasteiger partial charge is 0.301 e. The van der Waals surface area contributed by atoms with E-state index in [-0.39, 0.29) is 5.69 Å². The Morgan fingerprint density at radius 1 is 1.13 bits per heavy atom. The Morgan fingerprint density at radius 3 is 2.47 bits per heavy atom. The van der Waals surface area contributed by atoms with Crippen LogP contribution >= 0.6 is 23.2 Å². The molecule has 0 unspecified atom stereocenters. The lowest BCUT2D eigenvalue weighted by molar-refractivity contribution is -0.393. The van der Waals surface area contributed by atoms with Crippen LogP contribution in [-0.4, -0.2) is 25.8 Å². The van der Waals surface area contributed by atoms with Crippen LogP contribution in [0.5, 0.6) is 0 Å². The third kappa shape index (κ3) is 4.73. The predicted octanol–water partition coefficient (Wildman–Crippen LogP) is 4.81. The molecule has 0 bridgehead atoms. The Labute approximate surface area is 180 Å². The van der Waals surface area contributed by atoms with Gasteiger partial charge in [-0.25, -0.2) is 4.68 Å². The summed E-state index contributed by atoms with van der Waals surface area (Å²) in [7, 11) is 0. The summed E-state index contributed by atoms with van der Waals surface area (Å²) in [4.78, 5) is 20.6. The number of nitrogens with zero attached hydrogens (tertiary/aromatic N) is 5. The first-order chi connectivity index (χ1) is 14.3. The van der Waals surface area contributed by atoms with Gasteiger partial charge >= 0.3 is 5.69 Å². The molecule has 30 heavy (non-hydrogen) atoms. The monoisotopic (exact) mass is 448 g/mol. The Balaban J connectivity index is 1.80. The molecule has 0 saturated heterocycles. The van der Waals surface area contributed by atoms with Crippen molar-refractivity contribution in [2.24, 2.45) is 5.10 Å². The normalized spacial score (nSPS) is 11.0. The third-order valence-corrected chi connectivity index (χ3v) is 4.77. The van der Waals surface area contributed by atoms with Crippen molar-refractivity contribution in [2.75, 3.05) is 5.43 Å². The first-order valence-electron chi connectivity index (χ1n) is 8.45. The Kier molecular flexibility index (Phi) is 6.28. The van der Waals surface area contributed by atoms with Crippen molar-refractivity contribution in [3.8, 4) is 0 Å². The standard InChI is InChI=1S/C18H14Cl2N6O4/c1-11-15(18(20)24(23-11)10-12-2-4-13(19)5-3-12)9-21-22-16-7-6-14(25(27)28)8-17(16)26(29)30/h2-9,22H,10H2,1H3. The number of hydrogen-bond acceptors (Lipinski definition) is 7. The molecule has 0 aliphatic rings. The summed E-state index contributed by atoms with van der Waals surface area (Å²) in [6.45, 7) is 2.17. The SMILES string of the molecule is Cc1nn(Cc2ccc(Cl)cc2)c(Cl)c1C=NNc1ccc([N+](=O)[O-])cc1[N+](=O)[O-]. The molecule has 154 valence electrons. The number of halogens is 2. The quantitative estimate of drug-likeness (QED) is 0.313. The summed E-state index contributed by atoms with van der Waals surface area (Å²) in [5.41, 5.74) is 3.76. The molecule has 0 fully saturated rings. The molecule has 2 aromatic carbocycles. The molecule has 1 aromatic heterocycles. The van der Waals surface area contributed by atoms with Crippen LogP contribution < -0.4 is 5.43 Å². The third-order valence-electron chi connectivity index (χ3n) is 4.12. The van der Waals surface area contributed by atoms with E-state index in [4.69, 9.17) is 23.2 Å². The molecule has 0 radical (unpaired) electrons. The maximum atomic E-state index is 11.2. The highest BCUT2D eigenvalue weighted by Crippen LogP contribution is 2.29. The fraction of sp³-hybridized carbons (Fsp3) is 0.111. The first-order valence-corrected chi connectivity index (χ1v) is 9.21. The molecule has 1 N–H and O–H groups in total. The second-order valence-electron chi connectivity index (χ2n) is 6.16. The lowest BCUT2D eigenvalue weighted by Crippen LogP contribution is -2.02. The summed E-state index contributed by atoms with van der Waals surface area (Å²) in [5, 5.41) is 31.3. The van der Waals surface area contributed by atoms with Gasteiger partial charge in [-0.15, -0.1) is 0 Å². The maximum absolute atomic E-state index is 11.2. The summed E-state index contributed by atoms with van der Waals surface area (Å²) in [6, 6.07) is 10.5. The molecule has 1 heterocycles. The number of non-ortho nitro benzene ring substituents is 1. The zero-order valence-corrected chi connectivity index (χ0v) is 17.0. The van der Waals surface area contributed by atoms with Crippen LogP contribution in [0.3, 0.4) is 0 Å². The lowest BCUT2D eigenvalue weighted by Gasteiger charge is -2.04. The number of aryl methyl sites for hydroxylation is 1. The van der Waals surface area contributed by atoms with Crippen LogP contribution in [0.25, 0.3) is 0 Å². The summed E-state index contributed by atoms with van der Waals surface area (Å²) in [5.74, 6) is 0. The smallest absolute Gasteiger partial charge is 0.272 e. The van der Waals surface area contributed by atoms with Crippen LogP contribution in [0, 0.1) is 27.2 Å². The molecule has 3 rings (SSSR count). The minimum atomic E-state index is -0.729. The average molecular weight is 449 g/mol. The summed E-state index contributed by atoms with van der Waals surface area (Å²) in [6.07, 6.45) is 1.38. The number of rotatable bonds is 7. The van der Waals surface area contributed by atoms with Crippen molar-refractivity contribution >= 4 is 46.5 Å². The van der Waals surface area contributed by atoms with Crippen molar-refractivity contribution in [3.63, 3.8) is 0 Å². The minimum absolute atomic E-state index is 0.00387. The van der Waals surface area contributed by atoms with Crippen molar-refractivity contribution in [2.45, 2.75) is 13.5 Å². The van der Waals surface area contributed by atoms with Gasteiger partial charge in [-0.2, -0.15) is 10.2 Å². The fourth-order valence-electron chi connectivity index (χ4n) is 2.63. The number of nitro benzene ring substituents is 2. The fourth-order valence-corrected chi connectivity index (χ4v) is 3.04. The van der Waals surface area contributed by atoms with Gasteiger partial charge < -0.3 is 0 Å². The maximum Gasteiger partial charge on any atom is 0.301 e. The molecule has 10 nitrogen and oxygen atoms in total. The van der Waals surface area contributed by atoms with Gasteiger partial charge in [-0.1, -0.05) is 35.3 Å². The molecule has 0 aliphatic heterocycles. The number of hydrogen-bond donors (Lipinski definition) is 1. The summed E-state index contributed by atoms with van der Waals surface area (Å²) >= 11 is 12.3. The van der Waals surface area contributed by atoms with Gasteiger partial charge in [-0.05, 0) is 30.7 Å². The van der Waals surface area contributed by atoms with Crippen molar-refractivity contribution in [1.82, 2.24) is 9.78 Å². The zero-order valence-electron chi connectivity index (χ0n) is 15.5. The Bertz CT molecular complexity index is 1140. The van der Waals surface area contributed by atoms with Gasteiger partial charge in [0, 0.05) is 11.1 Å². The molecule has 0 aliphatic carbocycles. The Morgan fingerprint density at radius 2 is 1.83 bits per heavy atom. The molecule has 0 saturated carbocycles. The van der Waals surface area contributed by atoms with Crippen LogP contribution in [0.15, 0.2) is 47.6 Å². The number of anilines is 1. The number of hydrazone groups is 1. The number of nitrogens with one attached hydrogen (secondary N) is 1. The van der Waals surface area contributed by atoms with E-state index in [0.717, 1.165) is 17.7 Å². The van der Waals surface area contributed by atoms with Gasteiger partial charge in [0.05, 0.1) is 39.9 Å². The topological polar surface area (TPSA) is 128 Å². The van der Waals surface area contributed by atoms with Crippen LogP contribution in [0.1, 0.15) is 16.8 Å². The van der Waals surface area contributed by atoms with E-state index in [9.17, 15) is 20.2 Å². The highest BCUT2D eigenvalue weighted by molar-refractivity contribution is 6.32. The van der Waals surface area contributed by atoms with Crippen molar-refractivity contribution in [3.05, 3.63) is 89.7 Å². The van der Waals surface area contributed by atoms with Gasteiger partial charge in [0.2, 0.25) is 0 Å². The van der Waals surface area contributed by atoms with Crippen molar-refractivity contribution < 1.29 is 9.85 Å². The van der Waals surface area contributed by atoms with Gasteiger partial charge in [0.25, 0.3) is 5.69 Å². The van der Waals surface area contributed by atoms with Gasteiger partial charge in [-0.3, -0.25) is 25.7 Å². The van der Waals surface area contributed by atoms with Crippen molar-refractivity contribution in [1.29, 1.82) is 0 Å². The van der Waals surface area contributed by atoms with E-state index < -0.39 is 21.2 Å². The molecule has 12 heteroatoms. The van der Waals surface area contributed by atoms with Gasteiger partial charge in [0.1, 0.15) is 10.8 Å². The number of nitro groups is 2. The predicted molar refractivity (Wildman–Crippen MR) is 113 cm³/mol. The highest BCUT2D eigenvalue weighted by atomic mass is 35.5. The molecule has 0 spiro atoms. The van der Waals surface area contributed by atoms with E-state index in [1.54, 1.807) is 23.7 Å². The first kappa shape index (κ1) is 21.2. The number of aromatic nitrogens is 2. The Hall–Kier alpha value is -3.50. The zero-order chi connectivity index (χ0) is 21.8. The van der Waals surface area contributed by atoms with E-state index in [1.807, 2.05) is 12.1 Å². The summed E-state index contributed by atoms with van der Waals surface area (Å²) < 4.78 is 1.59. The van der Waals surface area contributed by atoms with Crippen LogP contribution in [-0.2, 0) is 6.54 Å². The van der Waals surface area contributed by atoms with Crippen LogP contribution in [0.4, 0.5) is 17.1 Å². The molecule has 3 aromatic rings. The van der Waals surface area contributed by atoms with E-state index in [0.29, 0.717) is 28.0 Å². The number of benzene rings is 2. The second-order valence-corrected chi connectivity index (χ2v) is 6.95. The van der Waals surface area contributed by atoms with Gasteiger partial charge in [0.15, 0.2) is 0 Å².